The molecule has 0 radical (unpaired) electrons. The summed E-state index contributed by atoms with van der Waals surface area (Å²) in [4.78, 5) is 78.4. The molecule has 3 fully saturated rings. The molecule has 19 nitrogen and oxygen atoms in total. The van der Waals surface area contributed by atoms with Gasteiger partial charge in [0.2, 0.25) is 23.6 Å². The molecule has 5 heterocycles. The molecule has 3 aliphatic heterocycles. The summed E-state index contributed by atoms with van der Waals surface area (Å²) in [5, 5.41) is 19.2. The summed E-state index contributed by atoms with van der Waals surface area (Å²) in [6.07, 6.45) is 5.33. The van der Waals surface area contributed by atoms with Crippen LogP contribution in [0.1, 0.15) is 69.0 Å². The summed E-state index contributed by atoms with van der Waals surface area (Å²) in [6, 6.07) is 14.0. The van der Waals surface area contributed by atoms with Crippen LogP contribution in [0.4, 0.5) is 8.78 Å². The predicted octanol–water partition coefficient (Wildman–Crippen LogP) is 5.02. The first-order chi connectivity index (χ1) is 38.5. The van der Waals surface area contributed by atoms with E-state index in [4.69, 9.17) is 29.9 Å². The van der Waals surface area contributed by atoms with Crippen LogP contribution in [0.15, 0.2) is 77.5 Å². The molecule has 4 amide bonds. The average molecular weight is 1120 g/mol. The van der Waals surface area contributed by atoms with Gasteiger partial charge in [-0.3, -0.25) is 39.0 Å². The van der Waals surface area contributed by atoms with E-state index in [2.05, 4.69) is 30.8 Å². The van der Waals surface area contributed by atoms with Crippen LogP contribution in [0.5, 0.6) is 0 Å². The van der Waals surface area contributed by atoms with E-state index >= 15 is 8.78 Å². The number of aliphatic hydroxyl groups excluding tert-OH is 1. The number of ether oxygens (including phenoxy) is 3. The number of aryl methyl sites for hydroxylation is 1. The molecule has 0 bridgehead atoms. The van der Waals surface area contributed by atoms with Crippen molar-refractivity contribution in [3.63, 3.8) is 0 Å². The average Bonchev–Trinajstić information content (AvgIpc) is 4.11. The molecule has 0 aliphatic carbocycles. The Morgan fingerprint density at radius 2 is 1.65 bits per heavy atom. The third kappa shape index (κ3) is 16.0. The summed E-state index contributed by atoms with van der Waals surface area (Å²) < 4.78 is 47.5. The highest BCUT2D eigenvalue weighted by Gasteiger charge is 2.44. The van der Waals surface area contributed by atoms with Crippen molar-refractivity contribution in [1.82, 2.24) is 45.6 Å². The van der Waals surface area contributed by atoms with E-state index in [1.54, 1.807) is 47.5 Å². The number of allylic oxidation sites excluding steroid dienone is 1. The van der Waals surface area contributed by atoms with E-state index < -0.39 is 47.1 Å². The first kappa shape index (κ1) is 59.5. The Kier molecular flexibility index (Phi) is 20.9. The molecule has 3 aliphatic rings. The molecule has 428 valence electrons. The van der Waals surface area contributed by atoms with Crippen molar-refractivity contribution in [1.29, 1.82) is 0 Å². The van der Waals surface area contributed by atoms with Crippen LogP contribution in [0.3, 0.4) is 0 Å². The Labute approximate surface area is 469 Å². The van der Waals surface area contributed by atoms with Crippen LogP contribution in [-0.2, 0) is 46.5 Å². The molecular weight excluding hydrogens is 1050 g/mol. The Morgan fingerprint density at radius 1 is 0.925 bits per heavy atom. The summed E-state index contributed by atoms with van der Waals surface area (Å²) in [7, 11) is 0. The van der Waals surface area contributed by atoms with Crippen molar-refractivity contribution in [3.8, 4) is 21.6 Å². The second-order valence-corrected chi connectivity index (χ2v) is 22.3. The number of amides is 4. The fraction of sp³-hybridized carbons (Fsp3) is 0.483. The molecule has 3 saturated heterocycles. The maximum Gasteiger partial charge on any atom is 0.246 e. The van der Waals surface area contributed by atoms with Crippen molar-refractivity contribution in [2.24, 2.45) is 16.1 Å². The lowest BCUT2D eigenvalue weighted by atomic mass is 9.85. The first-order valence-electron chi connectivity index (χ1n) is 27.2. The van der Waals surface area contributed by atoms with Gasteiger partial charge in [-0.25, -0.2) is 18.7 Å². The van der Waals surface area contributed by atoms with Gasteiger partial charge in [0, 0.05) is 94.3 Å². The number of hydrogen-bond acceptors (Lipinski definition) is 16. The van der Waals surface area contributed by atoms with Crippen LogP contribution in [0.25, 0.3) is 38.2 Å². The molecule has 5 aromatic rings. The Balaban J connectivity index is 0.698. The quantitative estimate of drug-likeness (QED) is 0.0427. The van der Waals surface area contributed by atoms with Crippen molar-refractivity contribution in [2.75, 3.05) is 85.5 Å². The number of nitrogens with zero attached hydrogens (tertiary/aromatic N) is 7. The Bertz CT molecular complexity index is 2970. The van der Waals surface area contributed by atoms with Gasteiger partial charge in [0.15, 0.2) is 0 Å². The lowest BCUT2D eigenvalue weighted by Gasteiger charge is -2.35. The van der Waals surface area contributed by atoms with Crippen LogP contribution in [0, 0.1) is 24.0 Å². The lowest BCUT2D eigenvalue weighted by Crippen LogP contribution is -2.57. The van der Waals surface area contributed by atoms with Crippen molar-refractivity contribution < 1.29 is 47.3 Å². The second kappa shape index (κ2) is 28.2. The maximum absolute atomic E-state index is 15.4. The molecule has 6 N–H and O–H groups in total. The molecular formula is C58H73F2N11O8S. The number of aliphatic hydroxyl groups is 1. The third-order valence-corrected chi connectivity index (χ3v) is 15.4. The number of β-amino-alcohol motifs (C(OH)–C–C–N with tert-alkyl or cyclic N) is 1. The number of thiazole rings is 1. The number of benzene rings is 3. The number of hydrogen-bond donors (Lipinski definition) is 5. The van der Waals surface area contributed by atoms with Crippen LogP contribution < -0.4 is 21.7 Å². The SMILES string of the molecule is Cc1ncsc1-c1ccc(CNC(=O)[C@@H]2C[C@@H](O)CN2C(=O)[C@@H](NC(=O)CCOCCOCCNC(=O)CN2CCC(N=C/C(=C\N)c3cnc4cccc(-c5cc(F)c(CN6CCOCC6)c(F)c5)c4n3)CC2)C(C)(C)C)cc1. The largest absolute Gasteiger partial charge is 0.404 e. The van der Waals surface area contributed by atoms with E-state index in [1.807, 2.05) is 56.9 Å². The van der Waals surface area contributed by atoms with Gasteiger partial charge in [0.1, 0.15) is 23.7 Å². The zero-order valence-corrected chi connectivity index (χ0v) is 46.7. The number of carbonyl (C=O) groups is 4. The number of morpholine rings is 1. The Morgan fingerprint density at radius 3 is 2.34 bits per heavy atom. The first-order valence-corrected chi connectivity index (χ1v) is 28.1. The number of fused-ring (bicyclic) bond motifs is 1. The number of piperidine rings is 1. The smallest absolute Gasteiger partial charge is 0.246 e. The van der Waals surface area contributed by atoms with Gasteiger partial charge in [-0.05, 0) is 60.1 Å². The van der Waals surface area contributed by atoms with E-state index in [0.29, 0.717) is 79.4 Å². The van der Waals surface area contributed by atoms with E-state index in [1.165, 1.54) is 23.2 Å². The number of likely N-dealkylation sites (tertiary alicyclic amines) is 2. The van der Waals surface area contributed by atoms with Gasteiger partial charge >= 0.3 is 0 Å². The number of nitrogens with two attached hydrogens (primary N) is 1. The van der Waals surface area contributed by atoms with Crippen molar-refractivity contribution in [2.45, 2.75) is 90.7 Å². The molecule has 3 aromatic carbocycles. The van der Waals surface area contributed by atoms with Crippen LogP contribution in [0.2, 0.25) is 0 Å². The van der Waals surface area contributed by atoms with Gasteiger partial charge in [-0.2, -0.15) is 0 Å². The van der Waals surface area contributed by atoms with E-state index in [-0.39, 0.29) is 88.9 Å². The standard InChI is InChI=1S/C58H73F2N11O8S/c1-37-54(80-36-66-37)39-10-8-38(9-11-39)30-65-56(75)50-28-43(72)33-71(50)57(76)55(58(2,3)4)68-51(73)14-20-77-24-25-78-21-15-62-52(74)35-69-16-12-42(13-17-69)63-31-41(29-61)49-32-64-48-7-5-6-44(53(48)67-49)40-26-46(59)45(47(60)27-40)34-70-18-22-79-23-19-70/h5-11,26-27,29,31-32,36,42-43,50,55,72H,12-25,28,30,33-35,61H2,1-4H3,(H,62,74)(H,65,75)(H,68,73)/b41-29+,63-31?/t43-,50+,55-/m1/s1. The zero-order valence-electron chi connectivity index (χ0n) is 45.9. The summed E-state index contributed by atoms with van der Waals surface area (Å²) >= 11 is 1.56. The molecule has 2 aromatic heterocycles. The number of carbonyl (C=O) groups excluding carboxylic acids is 4. The lowest BCUT2D eigenvalue weighted by molar-refractivity contribution is -0.144. The topological polar surface area (TPSA) is 239 Å². The fourth-order valence-corrected chi connectivity index (χ4v) is 10.7. The minimum atomic E-state index is -0.959. The van der Waals surface area contributed by atoms with Crippen LogP contribution in [-0.4, -0.2) is 174 Å². The molecule has 0 saturated carbocycles. The highest BCUT2D eigenvalue weighted by molar-refractivity contribution is 7.13. The summed E-state index contributed by atoms with van der Waals surface area (Å²) in [5.41, 5.74) is 13.0. The molecule has 22 heteroatoms. The normalized spacial score (nSPS) is 18.2. The fourth-order valence-electron chi connectivity index (χ4n) is 9.93. The summed E-state index contributed by atoms with van der Waals surface area (Å²) in [5.74, 6) is -2.59. The van der Waals surface area contributed by atoms with Gasteiger partial charge in [0.25, 0.3) is 0 Å². The molecule has 0 unspecified atom stereocenters. The van der Waals surface area contributed by atoms with Crippen molar-refractivity contribution in [3.05, 3.63) is 107 Å². The Hall–Kier alpha value is -6.66. The highest BCUT2D eigenvalue weighted by atomic mass is 32.1. The number of halogens is 2. The number of rotatable bonds is 23. The maximum atomic E-state index is 15.4. The molecule has 3 atom stereocenters. The number of aliphatic imine (C=N–C) groups is 1. The van der Waals surface area contributed by atoms with Gasteiger partial charge < -0.3 is 45.9 Å². The van der Waals surface area contributed by atoms with Gasteiger partial charge in [-0.15, -0.1) is 11.3 Å². The highest BCUT2D eigenvalue weighted by Crippen LogP contribution is 2.32. The van der Waals surface area contributed by atoms with Crippen LogP contribution >= 0.6 is 11.3 Å². The number of aromatic nitrogens is 3. The monoisotopic (exact) mass is 1120 g/mol. The number of nitrogens with one attached hydrogen (secondary N) is 3. The summed E-state index contributed by atoms with van der Waals surface area (Å²) in [6.45, 7) is 12.8. The van der Waals surface area contributed by atoms with Gasteiger partial charge in [-0.1, -0.05) is 57.2 Å². The molecule has 8 rings (SSSR count). The van der Waals surface area contributed by atoms with Gasteiger partial charge in [0.05, 0.1) is 97.3 Å². The minimum Gasteiger partial charge on any atom is -0.404 e. The third-order valence-electron chi connectivity index (χ3n) is 14.5. The van der Waals surface area contributed by atoms with E-state index in [0.717, 1.165) is 34.5 Å². The number of para-hydroxylation sites is 1. The zero-order chi connectivity index (χ0) is 56.8. The van der Waals surface area contributed by atoms with E-state index in [9.17, 15) is 24.3 Å². The van der Waals surface area contributed by atoms with Crippen molar-refractivity contribution >= 4 is 57.8 Å². The molecule has 80 heavy (non-hydrogen) atoms. The second-order valence-electron chi connectivity index (χ2n) is 21.4. The minimum absolute atomic E-state index is 0.00383. The predicted molar refractivity (Wildman–Crippen MR) is 302 cm³/mol. The molecule has 0 spiro atoms.